The number of sulfonamides is 1. The fraction of sp³-hybridized carbons (Fsp3) is 0.211. The van der Waals surface area contributed by atoms with Crippen molar-refractivity contribution in [2.45, 2.75) is 23.9 Å². The second-order valence-electron chi connectivity index (χ2n) is 6.67. The smallest absolute Gasteiger partial charge is 0.244 e. The predicted molar refractivity (Wildman–Crippen MR) is 101 cm³/mol. The summed E-state index contributed by atoms with van der Waals surface area (Å²) in [5.74, 6) is 1.84. The van der Waals surface area contributed by atoms with Crippen LogP contribution in [-0.4, -0.2) is 31.1 Å². The Hall–Kier alpha value is -2.84. The lowest BCUT2D eigenvalue weighted by Crippen LogP contribution is -2.48. The average molecular weight is 382 g/mol. The number of hydrogen-bond acceptors (Lipinski definition) is 5. The molecular weight excluding hydrogens is 364 g/mol. The zero-order chi connectivity index (χ0) is 18.4. The minimum Gasteiger partial charge on any atom is -0.457 e. The van der Waals surface area contributed by atoms with E-state index in [1.165, 1.54) is 0 Å². The van der Waals surface area contributed by atoms with Gasteiger partial charge in [0, 0.05) is 30.6 Å². The van der Waals surface area contributed by atoms with E-state index < -0.39 is 10.0 Å². The fourth-order valence-corrected chi connectivity index (χ4v) is 5.16. The van der Waals surface area contributed by atoms with Crippen molar-refractivity contribution in [3.05, 3.63) is 54.9 Å². The first-order valence-corrected chi connectivity index (χ1v) is 10.3. The summed E-state index contributed by atoms with van der Waals surface area (Å²) in [5.41, 5.74) is 1.64. The van der Waals surface area contributed by atoms with Gasteiger partial charge in [-0.15, -0.1) is 0 Å². The van der Waals surface area contributed by atoms with Crippen LogP contribution < -0.4 is 14.4 Å². The molecule has 0 aliphatic carbocycles. The Balaban J connectivity index is 1.48. The third-order valence-corrected chi connectivity index (χ3v) is 6.40. The van der Waals surface area contributed by atoms with Gasteiger partial charge in [-0.05, 0) is 37.1 Å². The molecule has 2 N–H and O–H groups in total. The van der Waals surface area contributed by atoms with Gasteiger partial charge >= 0.3 is 0 Å². The maximum Gasteiger partial charge on any atom is 0.244 e. The van der Waals surface area contributed by atoms with Crippen LogP contribution >= 0.6 is 0 Å². The maximum absolute atomic E-state index is 12.6. The number of ether oxygens (including phenoxy) is 1. The molecule has 0 amide bonds. The van der Waals surface area contributed by atoms with Crippen LogP contribution in [0.15, 0.2) is 59.8 Å². The monoisotopic (exact) mass is 382 g/mol. The molecule has 0 spiro atoms. The maximum atomic E-state index is 12.6. The Bertz CT molecular complexity index is 1100. The quantitative estimate of drug-likeness (QED) is 0.727. The molecule has 2 aliphatic heterocycles. The van der Waals surface area contributed by atoms with Gasteiger partial charge in [0.05, 0.1) is 11.9 Å². The van der Waals surface area contributed by atoms with E-state index in [1.807, 2.05) is 36.4 Å². The SMILES string of the molecule is O=S1(=O)NC2CCCN2c2ccc(Oc3cccc(-c4ncc[nH]4)c3)cc21. The van der Waals surface area contributed by atoms with E-state index >= 15 is 0 Å². The molecule has 1 aromatic heterocycles. The Kier molecular flexibility index (Phi) is 3.70. The van der Waals surface area contributed by atoms with Crippen molar-refractivity contribution in [3.8, 4) is 22.9 Å². The molecule has 3 aromatic rings. The Morgan fingerprint density at radius 3 is 2.89 bits per heavy atom. The molecule has 3 heterocycles. The summed E-state index contributed by atoms with van der Waals surface area (Å²) >= 11 is 0. The number of fused-ring (bicyclic) bond motifs is 3. The number of hydrogen-bond donors (Lipinski definition) is 2. The third-order valence-electron chi connectivity index (χ3n) is 4.92. The number of aromatic nitrogens is 2. The second-order valence-corrected chi connectivity index (χ2v) is 8.35. The first-order valence-electron chi connectivity index (χ1n) is 8.81. The zero-order valence-electron chi connectivity index (χ0n) is 14.4. The highest BCUT2D eigenvalue weighted by Crippen LogP contribution is 2.38. The van der Waals surface area contributed by atoms with Crippen molar-refractivity contribution in [3.63, 3.8) is 0 Å². The zero-order valence-corrected chi connectivity index (χ0v) is 15.2. The summed E-state index contributed by atoms with van der Waals surface area (Å²) in [4.78, 5) is 9.67. The molecule has 27 heavy (non-hydrogen) atoms. The lowest BCUT2D eigenvalue weighted by atomic mass is 10.2. The fourth-order valence-electron chi connectivity index (χ4n) is 3.70. The van der Waals surface area contributed by atoms with Crippen LogP contribution in [0.25, 0.3) is 11.4 Å². The van der Waals surface area contributed by atoms with Crippen molar-refractivity contribution >= 4 is 15.7 Å². The van der Waals surface area contributed by atoms with Crippen molar-refractivity contribution in [2.24, 2.45) is 0 Å². The van der Waals surface area contributed by atoms with Crippen LogP contribution in [0.1, 0.15) is 12.8 Å². The van der Waals surface area contributed by atoms with Crippen molar-refractivity contribution in [1.82, 2.24) is 14.7 Å². The molecule has 2 aliphatic rings. The number of nitrogens with one attached hydrogen (secondary N) is 2. The number of aromatic amines is 1. The van der Waals surface area contributed by atoms with Crippen LogP contribution in [-0.2, 0) is 10.0 Å². The molecule has 8 heteroatoms. The average Bonchev–Trinajstić information content (AvgIpc) is 3.33. The first kappa shape index (κ1) is 16.3. The Morgan fingerprint density at radius 2 is 2.04 bits per heavy atom. The topological polar surface area (TPSA) is 87.3 Å². The van der Waals surface area contributed by atoms with Gasteiger partial charge in [-0.2, -0.15) is 4.72 Å². The number of anilines is 1. The Morgan fingerprint density at radius 1 is 1.15 bits per heavy atom. The molecular formula is C19H18N4O3S. The molecule has 1 atom stereocenters. The van der Waals surface area contributed by atoms with Crippen molar-refractivity contribution in [1.29, 1.82) is 0 Å². The van der Waals surface area contributed by atoms with E-state index in [2.05, 4.69) is 19.6 Å². The third kappa shape index (κ3) is 2.87. The number of H-pyrrole nitrogens is 1. The highest BCUT2D eigenvalue weighted by Gasteiger charge is 2.37. The molecule has 0 bridgehead atoms. The van der Waals surface area contributed by atoms with Gasteiger partial charge < -0.3 is 14.6 Å². The number of rotatable bonds is 3. The minimum atomic E-state index is -3.54. The van der Waals surface area contributed by atoms with Crippen LogP contribution in [0.3, 0.4) is 0 Å². The first-order chi connectivity index (χ1) is 13.1. The molecule has 5 rings (SSSR count). The molecule has 1 fully saturated rings. The lowest BCUT2D eigenvalue weighted by molar-refractivity contribution is 0.479. The van der Waals surface area contributed by atoms with Crippen LogP contribution in [0, 0.1) is 0 Å². The van der Waals surface area contributed by atoms with E-state index in [-0.39, 0.29) is 11.1 Å². The Labute approximate surface area is 157 Å². The summed E-state index contributed by atoms with van der Waals surface area (Å²) in [6, 6.07) is 12.7. The lowest BCUT2D eigenvalue weighted by Gasteiger charge is -2.33. The number of nitrogens with zero attached hydrogens (tertiary/aromatic N) is 2. The molecule has 138 valence electrons. The van der Waals surface area contributed by atoms with Gasteiger partial charge in [-0.3, -0.25) is 0 Å². The normalized spacial score (nSPS) is 20.1. The van der Waals surface area contributed by atoms with Crippen molar-refractivity contribution in [2.75, 3.05) is 11.4 Å². The van der Waals surface area contributed by atoms with Crippen molar-refractivity contribution < 1.29 is 13.2 Å². The molecule has 2 aromatic carbocycles. The van der Waals surface area contributed by atoms with Gasteiger partial charge in [0.25, 0.3) is 0 Å². The summed E-state index contributed by atoms with van der Waals surface area (Å²) in [7, 11) is -3.54. The summed E-state index contributed by atoms with van der Waals surface area (Å²) in [6.07, 6.45) is 5.12. The van der Waals surface area contributed by atoms with Crippen LogP contribution in [0.5, 0.6) is 11.5 Å². The molecule has 0 saturated carbocycles. The molecule has 7 nitrogen and oxygen atoms in total. The van der Waals surface area contributed by atoms with E-state index in [4.69, 9.17) is 4.74 Å². The highest BCUT2D eigenvalue weighted by atomic mass is 32.2. The van der Waals surface area contributed by atoms with Gasteiger partial charge in [0.2, 0.25) is 10.0 Å². The largest absolute Gasteiger partial charge is 0.457 e. The minimum absolute atomic E-state index is 0.140. The summed E-state index contributed by atoms with van der Waals surface area (Å²) < 4.78 is 33.9. The van der Waals surface area contributed by atoms with E-state index in [0.29, 0.717) is 11.5 Å². The van der Waals surface area contributed by atoms with Gasteiger partial charge in [0.15, 0.2) is 0 Å². The van der Waals surface area contributed by atoms with Gasteiger partial charge in [-0.25, -0.2) is 13.4 Å². The summed E-state index contributed by atoms with van der Waals surface area (Å²) in [5, 5.41) is 0. The van der Waals surface area contributed by atoms with E-state index in [0.717, 1.165) is 36.5 Å². The van der Waals surface area contributed by atoms with E-state index in [9.17, 15) is 8.42 Å². The standard InChI is InChI=1S/C19H18N4O3S/c24-27(25)17-12-15(6-7-16(17)23-10-2-5-18(23)22-27)26-14-4-1-3-13(11-14)19-20-8-9-21-19/h1,3-4,6-9,11-12,18,22H,2,5,10H2,(H,20,21). The molecule has 1 saturated heterocycles. The predicted octanol–water partition coefficient (Wildman–Crippen LogP) is 3.09. The second kappa shape index (κ2) is 6.11. The van der Waals surface area contributed by atoms with E-state index in [1.54, 1.807) is 18.5 Å². The molecule has 0 radical (unpaired) electrons. The summed E-state index contributed by atoms with van der Waals surface area (Å²) in [6.45, 7) is 0.853. The molecule has 1 unspecified atom stereocenters. The van der Waals surface area contributed by atoms with Crippen LogP contribution in [0.4, 0.5) is 5.69 Å². The van der Waals surface area contributed by atoms with Gasteiger partial charge in [0.1, 0.15) is 22.2 Å². The number of benzene rings is 2. The van der Waals surface area contributed by atoms with Gasteiger partial charge in [-0.1, -0.05) is 12.1 Å². The number of imidazole rings is 1. The van der Waals surface area contributed by atoms with Crippen LogP contribution in [0.2, 0.25) is 0 Å². The highest BCUT2D eigenvalue weighted by molar-refractivity contribution is 7.89.